The first-order chi connectivity index (χ1) is 35.2. The molecule has 0 saturated heterocycles. The van der Waals surface area contributed by atoms with Crippen LogP contribution < -0.4 is 0 Å². The zero-order chi connectivity index (χ0) is 54.0. The van der Waals surface area contributed by atoms with E-state index in [-0.39, 0.29) is 26.1 Å². The Kier molecular flexibility index (Phi) is 50.9. The Hall–Kier alpha value is 0.380. The van der Waals surface area contributed by atoms with E-state index in [2.05, 4.69) is 39.8 Å². The van der Waals surface area contributed by atoms with Gasteiger partial charge < -0.3 is 28.6 Å². The maximum absolute atomic E-state index is 14.3. The highest BCUT2D eigenvalue weighted by Gasteiger charge is 2.55. The van der Waals surface area contributed by atoms with Crippen LogP contribution in [0.2, 0.25) is 0 Å². The van der Waals surface area contributed by atoms with Gasteiger partial charge in [0.05, 0.1) is 13.2 Å². The summed E-state index contributed by atoms with van der Waals surface area (Å²) >= 11 is 0. The number of unbranched alkanes of at least 4 members (excludes halogenated alkanes) is 41. The third-order valence-electron chi connectivity index (χ3n) is 14.6. The van der Waals surface area contributed by atoms with Crippen LogP contribution in [0.5, 0.6) is 0 Å². The Morgan fingerprint density at radius 1 is 0.288 bits per heavy atom. The van der Waals surface area contributed by atoms with E-state index in [0.717, 1.165) is 128 Å². The molecule has 4 N–H and O–H groups in total. The zero-order valence-corrected chi connectivity index (χ0v) is 51.7. The van der Waals surface area contributed by atoms with Gasteiger partial charge in [-0.2, -0.15) is 0 Å². The summed E-state index contributed by atoms with van der Waals surface area (Å²) in [5.74, 6) is 0. The van der Waals surface area contributed by atoms with Crippen LogP contribution in [-0.4, -0.2) is 43.6 Å². The first kappa shape index (κ1) is 73.4. The lowest BCUT2D eigenvalue weighted by atomic mass is 10.0. The van der Waals surface area contributed by atoms with Crippen LogP contribution in [0.4, 0.5) is 0 Å². The topological polar surface area (TPSA) is 177 Å². The van der Waals surface area contributed by atoms with Gasteiger partial charge in [0.25, 0.3) is 0 Å². The van der Waals surface area contributed by atoms with Crippen molar-refractivity contribution in [3.8, 4) is 0 Å². The molecule has 0 aliphatic carbocycles. The van der Waals surface area contributed by atoms with Crippen LogP contribution in [0.3, 0.4) is 0 Å². The van der Waals surface area contributed by atoms with E-state index < -0.39 is 41.2 Å². The minimum Gasteiger partial charge on any atom is -0.324 e. The number of rotatable bonds is 59. The number of allylic oxidation sites excluding steroid dienone is 2. The van der Waals surface area contributed by atoms with Crippen LogP contribution >= 0.6 is 30.4 Å². The highest BCUT2D eigenvalue weighted by Crippen LogP contribution is 2.77. The van der Waals surface area contributed by atoms with Gasteiger partial charge in [0, 0.05) is 0 Å². The van der Waals surface area contributed by atoms with Gasteiger partial charge in [-0.05, 0) is 51.4 Å². The van der Waals surface area contributed by atoms with Crippen molar-refractivity contribution in [2.24, 2.45) is 0 Å². The van der Waals surface area contributed by atoms with Crippen molar-refractivity contribution >= 4 is 30.4 Å². The molecule has 0 aliphatic rings. The molecule has 0 rings (SSSR count). The molecule has 0 aromatic rings. The molecule has 0 bridgehead atoms. The number of hydrogen-bond acceptors (Lipinski definition) is 7. The van der Waals surface area contributed by atoms with E-state index >= 15 is 0 Å². The molecule has 11 nitrogen and oxygen atoms in total. The third kappa shape index (κ3) is 43.9. The quantitative estimate of drug-likeness (QED) is 0.0259. The van der Waals surface area contributed by atoms with Gasteiger partial charge in [0.2, 0.25) is 0 Å². The standard InChI is InChI=1S/C58H120O11P4/c1-5-9-13-17-21-24-27-29-31-33-35-37-40-44-48-52-56-68-71(61,62)58(54-50-46-42-38-36-34-32-30-28-25-22-18-14-10-6-2)73(65,66)69-72(63,64)57(53-49-45-41-20-16-12-8-4)70(59,60)67-55-51-47-43-39-26-23-19-15-11-7-3/h29,31,57-58H,5-28,30,32-56H2,1-4H3,(H,59,60)(H,61,62)(H,63,64)(H,65,66)/b31-29-. The van der Waals surface area contributed by atoms with Gasteiger partial charge in [-0.1, -0.05) is 297 Å². The summed E-state index contributed by atoms with van der Waals surface area (Å²) in [7, 11) is -20.6. The Bertz CT molecular complexity index is 1430. The summed E-state index contributed by atoms with van der Waals surface area (Å²) in [6.07, 6.45) is 52.8. The molecule has 0 spiro atoms. The minimum absolute atomic E-state index is 0.104. The van der Waals surface area contributed by atoms with Gasteiger partial charge in [-0.25, -0.2) is 4.31 Å². The van der Waals surface area contributed by atoms with Crippen molar-refractivity contribution in [2.75, 3.05) is 13.2 Å². The molecule has 73 heavy (non-hydrogen) atoms. The van der Waals surface area contributed by atoms with Crippen LogP contribution in [0.25, 0.3) is 0 Å². The highest BCUT2D eigenvalue weighted by atomic mass is 31.3. The van der Waals surface area contributed by atoms with Crippen molar-refractivity contribution in [1.82, 2.24) is 0 Å². The second-order valence-electron chi connectivity index (χ2n) is 21.7. The molecule has 0 aromatic heterocycles. The second kappa shape index (κ2) is 50.6. The predicted octanol–water partition coefficient (Wildman–Crippen LogP) is 21.8. The molecule has 0 heterocycles. The summed E-state index contributed by atoms with van der Waals surface area (Å²) in [5, 5.41) is -3.97. The minimum atomic E-state index is -5.41. The largest absolute Gasteiger partial charge is 0.350 e. The first-order valence-electron chi connectivity index (χ1n) is 31.2. The van der Waals surface area contributed by atoms with Crippen molar-refractivity contribution < 1.29 is 51.2 Å². The summed E-state index contributed by atoms with van der Waals surface area (Å²) in [6, 6.07) is 0. The average Bonchev–Trinajstić information content (AvgIpc) is 3.34. The van der Waals surface area contributed by atoms with Crippen molar-refractivity contribution in [3.63, 3.8) is 0 Å². The lowest BCUT2D eigenvalue weighted by molar-refractivity contribution is 0.241. The van der Waals surface area contributed by atoms with E-state index in [1.807, 2.05) is 0 Å². The molecular weight excluding hydrogens is 997 g/mol. The third-order valence-corrected chi connectivity index (χ3v) is 25.1. The molecule has 6 unspecified atom stereocenters. The highest BCUT2D eigenvalue weighted by molar-refractivity contribution is 7.79. The van der Waals surface area contributed by atoms with Gasteiger partial charge in [-0.15, -0.1) is 0 Å². The first-order valence-corrected chi connectivity index (χ1v) is 37.8. The molecule has 0 fully saturated rings. The maximum Gasteiger partial charge on any atom is 0.350 e. The van der Waals surface area contributed by atoms with Gasteiger partial charge in [-0.3, -0.25) is 18.3 Å². The zero-order valence-electron chi connectivity index (χ0n) is 48.1. The SMILES string of the molecule is CCCCCCCC/C=C\CCCCCCCCOP(=O)(O)C(CCCCCCCCCCCCCCCCC)P(=O)(O)OP(=O)(O)C(CCCCCCCCC)P(=O)(O)OCCCCCCCCCCCC. The van der Waals surface area contributed by atoms with Crippen LogP contribution in [0.1, 0.15) is 336 Å². The molecule has 438 valence electrons. The lowest BCUT2D eigenvalue weighted by Crippen LogP contribution is -2.18. The van der Waals surface area contributed by atoms with Crippen LogP contribution in [0, 0.1) is 0 Å². The predicted molar refractivity (Wildman–Crippen MR) is 313 cm³/mol. The Morgan fingerprint density at radius 2 is 0.493 bits per heavy atom. The summed E-state index contributed by atoms with van der Waals surface area (Å²) < 4.78 is 72.7. The Balaban J connectivity index is 5.63. The fourth-order valence-corrected chi connectivity index (χ4v) is 19.3. The van der Waals surface area contributed by atoms with Gasteiger partial charge >= 0.3 is 30.4 Å². The molecule has 0 amide bonds. The Morgan fingerprint density at radius 3 is 0.740 bits per heavy atom. The second-order valence-corrected chi connectivity index (χ2v) is 30.7. The summed E-state index contributed by atoms with van der Waals surface area (Å²) in [4.78, 5) is 45.8. The van der Waals surface area contributed by atoms with E-state index in [1.54, 1.807) is 0 Å². The fraction of sp³-hybridized carbons (Fsp3) is 0.966. The summed E-state index contributed by atoms with van der Waals surface area (Å²) in [6.45, 7) is 8.60. The molecule has 0 aliphatic heterocycles. The smallest absolute Gasteiger partial charge is 0.324 e. The molecule has 15 heteroatoms. The van der Waals surface area contributed by atoms with Gasteiger partial charge in [0.15, 0.2) is 10.8 Å². The molecule has 0 aromatic carbocycles. The van der Waals surface area contributed by atoms with E-state index in [1.165, 1.54) is 128 Å². The van der Waals surface area contributed by atoms with Crippen LogP contribution in [-0.2, 0) is 31.6 Å². The monoisotopic (exact) mass is 1120 g/mol. The normalized spacial score (nSPS) is 16.3. The fourth-order valence-electron chi connectivity index (χ4n) is 9.78. The van der Waals surface area contributed by atoms with Crippen molar-refractivity contribution in [1.29, 1.82) is 0 Å². The van der Waals surface area contributed by atoms with E-state index in [9.17, 15) is 37.8 Å². The summed E-state index contributed by atoms with van der Waals surface area (Å²) in [5.41, 5.74) is 0. The van der Waals surface area contributed by atoms with E-state index in [0.29, 0.717) is 38.5 Å². The van der Waals surface area contributed by atoms with Crippen LogP contribution in [0.15, 0.2) is 12.2 Å². The molecule has 0 saturated carbocycles. The average molecular weight is 1120 g/mol. The maximum atomic E-state index is 14.3. The molecule has 6 atom stereocenters. The molecular formula is C58H120O11P4. The van der Waals surface area contributed by atoms with Gasteiger partial charge in [0.1, 0.15) is 0 Å². The lowest BCUT2D eigenvalue weighted by Gasteiger charge is -2.31. The number of hydrogen-bond donors (Lipinski definition) is 4. The van der Waals surface area contributed by atoms with E-state index in [4.69, 9.17) is 13.4 Å². The van der Waals surface area contributed by atoms with Crippen molar-refractivity contribution in [3.05, 3.63) is 12.2 Å². The van der Waals surface area contributed by atoms with Crippen molar-refractivity contribution in [2.45, 2.75) is 347 Å². The Labute approximate surface area is 451 Å². The molecule has 0 radical (unpaired) electrons.